The molecule has 3 rings (SSSR count). The molecule has 0 radical (unpaired) electrons. The summed E-state index contributed by atoms with van der Waals surface area (Å²) in [5.41, 5.74) is 0.985. The van der Waals surface area contributed by atoms with Gasteiger partial charge in [0.05, 0.1) is 23.7 Å². The first kappa shape index (κ1) is 21.4. The maximum Gasteiger partial charge on any atom is 0.241 e. The van der Waals surface area contributed by atoms with E-state index in [1.807, 2.05) is 24.3 Å². The molecular formula is C20H24ClN3O4S. The summed E-state index contributed by atoms with van der Waals surface area (Å²) in [5.74, 6) is 0.540. The Morgan fingerprint density at radius 2 is 1.69 bits per heavy atom. The molecule has 1 atom stereocenters. The number of piperazine rings is 1. The zero-order valence-electron chi connectivity index (χ0n) is 16.3. The summed E-state index contributed by atoms with van der Waals surface area (Å²) in [7, 11) is -2.17. The Bertz CT molecular complexity index is 958. The highest BCUT2D eigenvalue weighted by Crippen LogP contribution is 2.28. The van der Waals surface area contributed by atoms with E-state index < -0.39 is 16.1 Å². The molecule has 29 heavy (non-hydrogen) atoms. The number of hydrogen-bond acceptors (Lipinski definition) is 5. The van der Waals surface area contributed by atoms with Gasteiger partial charge >= 0.3 is 0 Å². The Morgan fingerprint density at radius 3 is 2.31 bits per heavy atom. The first-order valence-corrected chi connectivity index (χ1v) is 11.1. The number of carbonyl (C=O) groups excluding carboxylic acids is 1. The molecule has 0 bridgehead atoms. The smallest absolute Gasteiger partial charge is 0.241 e. The number of amides is 1. The molecule has 0 aromatic heterocycles. The zero-order valence-corrected chi connectivity index (χ0v) is 17.9. The minimum Gasteiger partial charge on any atom is -0.495 e. The molecule has 2 aromatic carbocycles. The molecule has 1 aliphatic rings. The first-order chi connectivity index (χ1) is 13.8. The lowest BCUT2D eigenvalue weighted by Gasteiger charge is -2.37. The van der Waals surface area contributed by atoms with Gasteiger partial charge in [-0.15, -0.1) is 0 Å². The monoisotopic (exact) mass is 437 g/mol. The zero-order chi connectivity index (χ0) is 21.0. The van der Waals surface area contributed by atoms with Crippen molar-refractivity contribution in [3.05, 3.63) is 53.6 Å². The van der Waals surface area contributed by atoms with E-state index in [-0.39, 0.29) is 10.8 Å². The Labute approximate surface area is 176 Å². The van der Waals surface area contributed by atoms with Gasteiger partial charge in [-0.3, -0.25) is 4.79 Å². The van der Waals surface area contributed by atoms with Crippen LogP contribution < -0.4 is 14.4 Å². The van der Waals surface area contributed by atoms with Crippen LogP contribution in [0.2, 0.25) is 5.02 Å². The van der Waals surface area contributed by atoms with Gasteiger partial charge in [0, 0.05) is 31.2 Å². The van der Waals surface area contributed by atoms with Crippen molar-refractivity contribution < 1.29 is 17.9 Å². The predicted molar refractivity (Wildman–Crippen MR) is 113 cm³/mol. The van der Waals surface area contributed by atoms with Crippen molar-refractivity contribution in [3.8, 4) is 5.75 Å². The first-order valence-electron chi connectivity index (χ1n) is 9.26. The highest BCUT2D eigenvalue weighted by molar-refractivity contribution is 7.89. The van der Waals surface area contributed by atoms with Crippen molar-refractivity contribution in [2.24, 2.45) is 0 Å². The van der Waals surface area contributed by atoms with Crippen LogP contribution in [0.5, 0.6) is 5.75 Å². The fraction of sp³-hybridized carbons (Fsp3) is 0.350. The quantitative estimate of drug-likeness (QED) is 0.750. The summed E-state index contributed by atoms with van der Waals surface area (Å²) in [4.78, 5) is 16.7. The lowest BCUT2D eigenvalue weighted by atomic mass is 10.2. The second-order valence-electron chi connectivity index (χ2n) is 6.78. The minimum absolute atomic E-state index is 0.0718. The van der Waals surface area contributed by atoms with E-state index in [0.29, 0.717) is 31.2 Å². The minimum atomic E-state index is -3.81. The number of halogens is 1. The Morgan fingerprint density at radius 1 is 1.07 bits per heavy atom. The molecule has 0 spiro atoms. The standard InChI is InChI=1S/C20H24ClN3O4S/c1-15(22-29(26,27)17-9-7-16(21)8-10-17)20(25)24-13-11-23(12-14-24)18-5-3-4-6-19(18)28-2/h3-10,15,22H,11-14H2,1-2H3/t15-/m0/s1. The van der Waals surface area contributed by atoms with E-state index >= 15 is 0 Å². The third kappa shape index (κ3) is 5.01. The molecule has 2 aromatic rings. The average molecular weight is 438 g/mol. The molecule has 1 heterocycles. The molecule has 1 fully saturated rings. The molecule has 156 valence electrons. The van der Waals surface area contributed by atoms with E-state index in [1.54, 1.807) is 18.9 Å². The number of nitrogens with one attached hydrogen (secondary N) is 1. The van der Waals surface area contributed by atoms with Crippen LogP contribution in [0.1, 0.15) is 6.92 Å². The van der Waals surface area contributed by atoms with Crippen molar-refractivity contribution in [1.82, 2.24) is 9.62 Å². The lowest BCUT2D eigenvalue weighted by Crippen LogP contribution is -2.54. The van der Waals surface area contributed by atoms with E-state index in [0.717, 1.165) is 11.4 Å². The van der Waals surface area contributed by atoms with Crippen LogP contribution in [-0.4, -0.2) is 58.6 Å². The number of methoxy groups -OCH3 is 1. The predicted octanol–water partition coefficient (Wildman–Crippen LogP) is 2.36. The van der Waals surface area contributed by atoms with E-state index in [1.165, 1.54) is 24.3 Å². The van der Waals surface area contributed by atoms with Crippen LogP contribution in [0.25, 0.3) is 0 Å². The number of sulfonamides is 1. The number of nitrogens with zero attached hydrogens (tertiary/aromatic N) is 2. The van der Waals surface area contributed by atoms with Gasteiger partial charge in [-0.05, 0) is 43.3 Å². The summed E-state index contributed by atoms with van der Waals surface area (Å²) in [6.07, 6.45) is 0. The van der Waals surface area contributed by atoms with Crippen molar-refractivity contribution in [3.63, 3.8) is 0 Å². The molecule has 0 aliphatic carbocycles. The number of para-hydroxylation sites is 2. The van der Waals surface area contributed by atoms with E-state index in [2.05, 4.69) is 9.62 Å². The average Bonchev–Trinajstić information content (AvgIpc) is 2.73. The lowest BCUT2D eigenvalue weighted by molar-refractivity contribution is -0.132. The normalized spacial score (nSPS) is 15.8. The molecule has 1 amide bonds. The fourth-order valence-electron chi connectivity index (χ4n) is 3.30. The third-order valence-electron chi connectivity index (χ3n) is 4.84. The second-order valence-corrected chi connectivity index (χ2v) is 8.93. The maximum atomic E-state index is 12.8. The van der Waals surface area contributed by atoms with Crippen LogP contribution in [-0.2, 0) is 14.8 Å². The van der Waals surface area contributed by atoms with Crippen molar-refractivity contribution in [2.75, 3.05) is 38.2 Å². The van der Waals surface area contributed by atoms with Crippen LogP contribution in [0.3, 0.4) is 0 Å². The van der Waals surface area contributed by atoms with Gasteiger partial charge in [-0.1, -0.05) is 23.7 Å². The van der Waals surface area contributed by atoms with Crippen molar-refractivity contribution in [2.45, 2.75) is 17.9 Å². The number of benzene rings is 2. The van der Waals surface area contributed by atoms with Crippen LogP contribution in [0, 0.1) is 0 Å². The van der Waals surface area contributed by atoms with Gasteiger partial charge in [0.15, 0.2) is 0 Å². The fourth-order valence-corrected chi connectivity index (χ4v) is 4.62. The maximum absolute atomic E-state index is 12.8. The van der Waals surface area contributed by atoms with Crippen LogP contribution >= 0.6 is 11.6 Å². The number of rotatable bonds is 6. The van der Waals surface area contributed by atoms with Crippen molar-refractivity contribution in [1.29, 1.82) is 0 Å². The van der Waals surface area contributed by atoms with Gasteiger partial charge < -0.3 is 14.5 Å². The molecule has 0 unspecified atom stereocenters. The van der Waals surface area contributed by atoms with Gasteiger partial charge in [0.2, 0.25) is 15.9 Å². The molecular weight excluding hydrogens is 414 g/mol. The van der Waals surface area contributed by atoms with Crippen molar-refractivity contribution >= 4 is 33.2 Å². The van der Waals surface area contributed by atoms with E-state index in [4.69, 9.17) is 16.3 Å². The number of hydrogen-bond donors (Lipinski definition) is 1. The molecule has 1 N–H and O–H groups in total. The van der Waals surface area contributed by atoms with Crippen LogP contribution in [0.4, 0.5) is 5.69 Å². The molecule has 1 aliphatic heterocycles. The Kier molecular flexibility index (Phi) is 6.66. The van der Waals surface area contributed by atoms with Gasteiger partial charge in [0.25, 0.3) is 0 Å². The Hall–Kier alpha value is -2.29. The molecule has 7 nitrogen and oxygen atoms in total. The van der Waals surface area contributed by atoms with Gasteiger partial charge in [0.1, 0.15) is 5.75 Å². The van der Waals surface area contributed by atoms with Gasteiger partial charge in [-0.25, -0.2) is 8.42 Å². The highest BCUT2D eigenvalue weighted by Gasteiger charge is 2.29. The topological polar surface area (TPSA) is 79.0 Å². The molecule has 0 saturated carbocycles. The highest BCUT2D eigenvalue weighted by atomic mass is 35.5. The number of ether oxygens (including phenoxy) is 1. The van der Waals surface area contributed by atoms with E-state index in [9.17, 15) is 13.2 Å². The van der Waals surface area contributed by atoms with Gasteiger partial charge in [-0.2, -0.15) is 4.72 Å². The summed E-state index contributed by atoms with van der Waals surface area (Å²) in [6, 6.07) is 12.7. The summed E-state index contributed by atoms with van der Waals surface area (Å²) in [6.45, 7) is 3.85. The molecule has 9 heteroatoms. The number of anilines is 1. The Balaban J connectivity index is 1.60. The summed E-state index contributed by atoms with van der Waals surface area (Å²) >= 11 is 5.81. The second kappa shape index (κ2) is 9.02. The molecule has 1 saturated heterocycles. The SMILES string of the molecule is COc1ccccc1N1CCN(C(=O)[C@H](C)NS(=O)(=O)c2ccc(Cl)cc2)CC1. The van der Waals surface area contributed by atoms with Crippen LogP contribution in [0.15, 0.2) is 53.4 Å². The number of carbonyl (C=O) groups is 1. The largest absolute Gasteiger partial charge is 0.495 e. The summed E-state index contributed by atoms with van der Waals surface area (Å²) in [5, 5.41) is 0.445. The summed E-state index contributed by atoms with van der Waals surface area (Å²) < 4.78 is 32.9. The third-order valence-corrected chi connectivity index (χ3v) is 6.65.